The summed E-state index contributed by atoms with van der Waals surface area (Å²) >= 11 is 5.66. The Kier molecular flexibility index (Phi) is 5.69. The second-order valence-electron chi connectivity index (χ2n) is 4.98. The maximum absolute atomic E-state index is 11.8. The van der Waals surface area contributed by atoms with Crippen LogP contribution in [-0.4, -0.2) is 30.0 Å². The number of esters is 2. The average molecular weight is 263 g/mol. The normalized spacial score (nSPS) is 11.8. The summed E-state index contributed by atoms with van der Waals surface area (Å²) in [6.45, 7) is 9.90. The number of carbonyl (C=O) groups excluding carboxylic acids is 2. The summed E-state index contributed by atoms with van der Waals surface area (Å²) in [6.07, 6.45) is 1.05. The van der Waals surface area contributed by atoms with Crippen molar-refractivity contribution < 1.29 is 19.1 Å². The van der Waals surface area contributed by atoms with E-state index < -0.39 is 23.0 Å². The quantitative estimate of drug-likeness (QED) is 0.419. The molecule has 0 aliphatic heterocycles. The standard InChI is InChI=1S/C12H19ClO4/c1-6-9(14)16-8-11(2,3)10(15)17-12(4,5)7-13/h6H,1,7-8H2,2-5H3. The van der Waals surface area contributed by atoms with Crippen LogP contribution < -0.4 is 0 Å². The van der Waals surface area contributed by atoms with E-state index in [9.17, 15) is 9.59 Å². The number of alkyl halides is 1. The molecule has 5 heteroatoms. The highest BCUT2D eigenvalue weighted by Gasteiger charge is 2.35. The fraction of sp³-hybridized carbons (Fsp3) is 0.667. The van der Waals surface area contributed by atoms with E-state index in [1.54, 1.807) is 27.7 Å². The Balaban J connectivity index is 4.44. The highest BCUT2D eigenvalue weighted by atomic mass is 35.5. The molecule has 0 aliphatic rings. The summed E-state index contributed by atoms with van der Waals surface area (Å²) in [5, 5.41) is 0. The van der Waals surface area contributed by atoms with Crippen LogP contribution in [0.4, 0.5) is 0 Å². The molecular formula is C12H19ClO4. The Morgan fingerprint density at radius 3 is 2.24 bits per heavy atom. The van der Waals surface area contributed by atoms with Crippen molar-refractivity contribution in [2.75, 3.05) is 12.5 Å². The lowest BCUT2D eigenvalue weighted by Crippen LogP contribution is -2.39. The van der Waals surface area contributed by atoms with Crippen LogP contribution in [-0.2, 0) is 19.1 Å². The SMILES string of the molecule is C=CC(=O)OCC(C)(C)C(=O)OC(C)(C)CCl. The van der Waals surface area contributed by atoms with Crippen LogP contribution in [0, 0.1) is 5.41 Å². The first kappa shape index (κ1) is 16.0. The van der Waals surface area contributed by atoms with E-state index in [4.69, 9.17) is 21.1 Å². The average Bonchev–Trinajstić information content (AvgIpc) is 2.25. The molecule has 0 saturated carbocycles. The van der Waals surface area contributed by atoms with E-state index in [0.717, 1.165) is 6.08 Å². The third-order valence-electron chi connectivity index (χ3n) is 1.99. The topological polar surface area (TPSA) is 52.6 Å². The molecule has 0 bridgehead atoms. The van der Waals surface area contributed by atoms with Crippen LogP contribution in [0.1, 0.15) is 27.7 Å². The van der Waals surface area contributed by atoms with Crippen LogP contribution in [0.5, 0.6) is 0 Å². The van der Waals surface area contributed by atoms with E-state index in [2.05, 4.69) is 6.58 Å². The molecule has 0 rings (SSSR count). The van der Waals surface area contributed by atoms with Crippen molar-refractivity contribution in [3.8, 4) is 0 Å². The van der Waals surface area contributed by atoms with Gasteiger partial charge in [-0.15, -0.1) is 11.6 Å². The smallest absolute Gasteiger partial charge is 0.330 e. The maximum atomic E-state index is 11.8. The van der Waals surface area contributed by atoms with Gasteiger partial charge < -0.3 is 9.47 Å². The molecular weight excluding hydrogens is 244 g/mol. The molecule has 0 aromatic rings. The van der Waals surface area contributed by atoms with Crippen molar-refractivity contribution in [1.29, 1.82) is 0 Å². The van der Waals surface area contributed by atoms with Gasteiger partial charge in [0.15, 0.2) is 0 Å². The van der Waals surface area contributed by atoms with Crippen LogP contribution in [0.3, 0.4) is 0 Å². The monoisotopic (exact) mass is 262 g/mol. The summed E-state index contributed by atoms with van der Waals surface area (Å²) in [7, 11) is 0. The number of hydrogen-bond donors (Lipinski definition) is 0. The number of halogens is 1. The van der Waals surface area contributed by atoms with Crippen molar-refractivity contribution >= 4 is 23.5 Å². The highest BCUT2D eigenvalue weighted by Crippen LogP contribution is 2.22. The van der Waals surface area contributed by atoms with Crippen molar-refractivity contribution in [3.63, 3.8) is 0 Å². The summed E-state index contributed by atoms with van der Waals surface area (Å²) in [6, 6.07) is 0. The zero-order valence-electron chi connectivity index (χ0n) is 10.7. The lowest BCUT2D eigenvalue weighted by Gasteiger charge is -2.29. The Labute approximate surface area is 107 Å². The van der Waals surface area contributed by atoms with Gasteiger partial charge >= 0.3 is 11.9 Å². The minimum absolute atomic E-state index is 0.0605. The molecule has 17 heavy (non-hydrogen) atoms. The molecule has 4 nitrogen and oxygen atoms in total. The molecule has 0 radical (unpaired) electrons. The molecule has 0 fully saturated rings. The zero-order valence-corrected chi connectivity index (χ0v) is 11.5. The van der Waals surface area contributed by atoms with Gasteiger partial charge in [-0.1, -0.05) is 6.58 Å². The fourth-order valence-corrected chi connectivity index (χ4v) is 0.840. The van der Waals surface area contributed by atoms with Gasteiger partial charge in [-0.2, -0.15) is 0 Å². The number of hydrogen-bond acceptors (Lipinski definition) is 4. The second kappa shape index (κ2) is 6.05. The first-order valence-corrected chi connectivity index (χ1v) is 5.77. The zero-order chi connectivity index (χ0) is 13.7. The number of carbonyl (C=O) groups is 2. The largest absolute Gasteiger partial charge is 0.461 e. The molecule has 0 aromatic carbocycles. The van der Waals surface area contributed by atoms with E-state index in [1.807, 2.05) is 0 Å². The summed E-state index contributed by atoms with van der Waals surface area (Å²) < 4.78 is 10.1. The summed E-state index contributed by atoms with van der Waals surface area (Å²) in [5.41, 5.74) is -1.65. The molecule has 0 spiro atoms. The van der Waals surface area contributed by atoms with Crippen LogP contribution in [0.25, 0.3) is 0 Å². The van der Waals surface area contributed by atoms with Crippen molar-refractivity contribution in [3.05, 3.63) is 12.7 Å². The fourth-order valence-electron chi connectivity index (χ4n) is 0.786. The predicted octanol–water partition coefficient (Wildman–Crippen LogP) is 2.30. The van der Waals surface area contributed by atoms with Crippen LogP contribution in [0.2, 0.25) is 0 Å². The molecule has 0 aromatic heterocycles. The van der Waals surface area contributed by atoms with E-state index in [-0.39, 0.29) is 12.5 Å². The highest BCUT2D eigenvalue weighted by molar-refractivity contribution is 6.18. The predicted molar refractivity (Wildman–Crippen MR) is 65.8 cm³/mol. The van der Waals surface area contributed by atoms with Crippen molar-refractivity contribution in [1.82, 2.24) is 0 Å². The molecule has 98 valence electrons. The Bertz CT molecular complexity index is 308. The molecule has 0 aliphatic carbocycles. The molecule has 0 amide bonds. The number of ether oxygens (including phenoxy) is 2. The van der Waals surface area contributed by atoms with E-state index >= 15 is 0 Å². The van der Waals surface area contributed by atoms with Gasteiger partial charge in [-0.3, -0.25) is 4.79 Å². The van der Waals surface area contributed by atoms with Gasteiger partial charge in [0.1, 0.15) is 12.2 Å². The first-order valence-electron chi connectivity index (χ1n) is 5.23. The third kappa shape index (κ3) is 5.73. The molecule has 0 heterocycles. The molecule has 0 atom stereocenters. The summed E-state index contributed by atoms with van der Waals surface area (Å²) in [4.78, 5) is 22.8. The van der Waals surface area contributed by atoms with Gasteiger partial charge in [0.25, 0.3) is 0 Å². The van der Waals surface area contributed by atoms with Gasteiger partial charge in [0.2, 0.25) is 0 Å². The van der Waals surface area contributed by atoms with Crippen LogP contribution in [0.15, 0.2) is 12.7 Å². The lowest BCUT2D eigenvalue weighted by molar-refractivity contribution is -0.169. The van der Waals surface area contributed by atoms with Crippen molar-refractivity contribution in [2.45, 2.75) is 33.3 Å². The van der Waals surface area contributed by atoms with E-state index in [0.29, 0.717) is 0 Å². The van der Waals surface area contributed by atoms with Gasteiger partial charge in [-0.25, -0.2) is 4.79 Å². The third-order valence-corrected chi connectivity index (χ3v) is 2.63. The first-order chi connectivity index (χ1) is 7.64. The molecule has 0 unspecified atom stereocenters. The van der Waals surface area contributed by atoms with Crippen LogP contribution >= 0.6 is 11.6 Å². The Morgan fingerprint density at radius 1 is 1.29 bits per heavy atom. The van der Waals surface area contributed by atoms with E-state index in [1.165, 1.54) is 0 Å². The Morgan fingerprint density at radius 2 is 1.82 bits per heavy atom. The molecule has 0 saturated heterocycles. The van der Waals surface area contributed by atoms with Gasteiger partial charge in [0.05, 0.1) is 11.3 Å². The second-order valence-corrected chi connectivity index (χ2v) is 5.25. The van der Waals surface area contributed by atoms with Crippen molar-refractivity contribution in [2.24, 2.45) is 5.41 Å². The lowest BCUT2D eigenvalue weighted by atomic mass is 9.94. The minimum atomic E-state index is -0.915. The van der Waals surface area contributed by atoms with Gasteiger partial charge in [-0.05, 0) is 27.7 Å². The molecule has 0 N–H and O–H groups in total. The summed E-state index contributed by atoms with van der Waals surface area (Å²) in [5.74, 6) is -0.830. The number of rotatable bonds is 6. The Hall–Kier alpha value is -1.03. The maximum Gasteiger partial charge on any atom is 0.330 e. The van der Waals surface area contributed by atoms with Gasteiger partial charge in [0, 0.05) is 6.08 Å². The minimum Gasteiger partial charge on any atom is -0.461 e.